The van der Waals surface area contributed by atoms with Crippen LogP contribution < -0.4 is 4.90 Å². The lowest BCUT2D eigenvalue weighted by Crippen LogP contribution is -2.14. The molecule has 0 aliphatic carbocycles. The first-order chi connectivity index (χ1) is 14.5. The Bertz CT molecular complexity index is 1250. The van der Waals surface area contributed by atoms with Crippen molar-refractivity contribution < 1.29 is 13.9 Å². The van der Waals surface area contributed by atoms with Crippen LogP contribution in [-0.4, -0.2) is 39.7 Å². The van der Waals surface area contributed by atoms with Crippen molar-refractivity contribution in [1.82, 2.24) is 19.6 Å². The number of thiazole rings is 1. The van der Waals surface area contributed by atoms with Crippen molar-refractivity contribution in [2.75, 3.05) is 19.1 Å². The van der Waals surface area contributed by atoms with E-state index in [0.717, 1.165) is 11.3 Å². The summed E-state index contributed by atoms with van der Waals surface area (Å²) >= 11 is 4.81. The molecule has 0 radical (unpaired) electrons. The minimum absolute atomic E-state index is 0.296. The summed E-state index contributed by atoms with van der Waals surface area (Å²) in [6.07, 6.45) is 2.88. The van der Waals surface area contributed by atoms with Gasteiger partial charge in [0.05, 0.1) is 12.8 Å². The van der Waals surface area contributed by atoms with Crippen molar-refractivity contribution in [1.29, 1.82) is 0 Å². The van der Waals surface area contributed by atoms with Crippen LogP contribution in [0.5, 0.6) is 0 Å². The average Bonchev–Trinajstić information content (AvgIpc) is 3.37. The summed E-state index contributed by atoms with van der Waals surface area (Å²) < 4.78 is 20.2. The Labute approximate surface area is 183 Å². The molecule has 0 unspecified atom stereocenters. The van der Waals surface area contributed by atoms with E-state index in [0.29, 0.717) is 26.9 Å². The van der Waals surface area contributed by atoms with Crippen LogP contribution >= 0.6 is 27.3 Å². The molecule has 10 heteroatoms. The molecule has 1 aromatic carbocycles. The van der Waals surface area contributed by atoms with E-state index in [4.69, 9.17) is 0 Å². The maximum absolute atomic E-state index is 13.2. The maximum atomic E-state index is 13.2. The Morgan fingerprint density at radius 1 is 1.23 bits per heavy atom. The number of anilines is 2. The molecule has 7 nitrogen and oxygen atoms in total. The fourth-order valence-corrected chi connectivity index (χ4v) is 3.91. The van der Waals surface area contributed by atoms with Crippen LogP contribution in [0.4, 0.5) is 15.3 Å². The van der Waals surface area contributed by atoms with Gasteiger partial charge in [-0.15, -0.1) is 11.3 Å². The number of nitrogens with zero attached hydrogens (tertiary/aromatic N) is 5. The van der Waals surface area contributed by atoms with Crippen LogP contribution in [0.15, 0.2) is 52.5 Å². The molecule has 152 valence electrons. The molecule has 4 aromatic rings. The van der Waals surface area contributed by atoms with E-state index >= 15 is 0 Å². The van der Waals surface area contributed by atoms with Gasteiger partial charge in [-0.25, -0.2) is 19.2 Å². The van der Waals surface area contributed by atoms with Crippen LogP contribution in [0.25, 0.3) is 23.0 Å². The Morgan fingerprint density at radius 3 is 2.73 bits per heavy atom. The molecule has 0 spiro atoms. The summed E-state index contributed by atoms with van der Waals surface area (Å²) in [6.45, 7) is 0. The molecule has 0 saturated carbocycles. The molecule has 0 amide bonds. The SMILES string of the molecule is COC(=O)/C=C/c1nc2ccc(Br)nn2c1N(C)c1nc(-c2ccc(F)cc2)cs1. The van der Waals surface area contributed by atoms with Crippen LogP contribution in [-0.2, 0) is 9.53 Å². The maximum Gasteiger partial charge on any atom is 0.330 e. The zero-order valence-electron chi connectivity index (χ0n) is 15.9. The third-order valence-corrected chi connectivity index (χ3v) is 5.60. The lowest BCUT2D eigenvalue weighted by atomic mass is 10.2. The largest absolute Gasteiger partial charge is 0.466 e. The molecule has 0 N–H and O–H groups in total. The fourth-order valence-electron chi connectivity index (χ4n) is 2.82. The van der Waals surface area contributed by atoms with Crippen LogP contribution in [0.1, 0.15) is 5.69 Å². The van der Waals surface area contributed by atoms with Gasteiger partial charge in [-0.1, -0.05) is 0 Å². The quantitative estimate of drug-likeness (QED) is 0.299. The van der Waals surface area contributed by atoms with Crippen molar-refractivity contribution in [3.8, 4) is 11.3 Å². The van der Waals surface area contributed by atoms with Gasteiger partial charge in [-0.05, 0) is 58.4 Å². The summed E-state index contributed by atoms with van der Waals surface area (Å²) in [4.78, 5) is 22.6. The molecule has 3 heterocycles. The second-order valence-electron chi connectivity index (χ2n) is 6.18. The predicted molar refractivity (Wildman–Crippen MR) is 117 cm³/mol. The minimum Gasteiger partial charge on any atom is -0.466 e. The van der Waals surface area contributed by atoms with Gasteiger partial charge in [0.25, 0.3) is 0 Å². The number of aromatic nitrogens is 4. The summed E-state index contributed by atoms with van der Waals surface area (Å²) in [5.41, 5.74) is 2.69. The summed E-state index contributed by atoms with van der Waals surface area (Å²) in [5, 5.41) is 7.06. The molecule has 0 fully saturated rings. The van der Waals surface area contributed by atoms with E-state index in [-0.39, 0.29) is 5.82 Å². The second kappa shape index (κ2) is 8.33. The number of benzene rings is 1. The second-order valence-corrected chi connectivity index (χ2v) is 7.83. The highest BCUT2D eigenvalue weighted by molar-refractivity contribution is 9.10. The molecular weight excluding hydrogens is 473 g/mol. The fraction of sp³-hybridized carbons (Fsp3) is 0.100. The molecule has 0 aliphatic heterocycles. The molecule has 0 bridgehead atoms. The number of hydrogen-bond acceptors (Lipinski definition) is 7. The Hall–Kier alpha value is -3.11. The van der Waals surface area contributed by atoms with Crippen molar-refractivity contribution in [3.05, 3.63) is 64.0 Å². The topological polar surface area (TPSA) is 72.6 Å². The van der Waals surface area contributed by atoms with Crippen LogP contribution in [0, 0.1) is 5.82 Å². The van der Waals surface area contributed by atoms with Gasteiger partial charge in [-0.2, -0.15) is 9.61 Å². The summed E-state index contributed by atoms with van der Waals surface area (Å²) in [5.74, 6) is -0.148. The standard InChI is InChI=1S/C20H15BrFN5O2S/c1-26(20-24-15(11-30-20)12-3-5-13(22)6-4-12)19-14(7-10-18(28)29-2)23-17-9-8-16(21)25-27(17)19/h3-11H,1-2H3/b10-7+. The van der Waals surface area contributed by atoms with E-state index in [1.165, 1.54) is 36.7 Å². The molecule has 0 aliphatic rings. The third-order valence-electron chi connectivity index (χ3n) is 4.26. The Balaban J connectivity index is 1.77. The highest BCUT2D eigenvalue weighted by atomic mass is 79.9. The van der Waals surface area contributed by atoms with E-state index < -0.39 is 5.97 Å². The number of hydrogen-bond donors (Lipinski definition) is 0. The average molecular weight is 488 g/mol. The van der Waals surface area contributed by atoms with Crippen LogP contribution in [0.3, 0.4) is 0 Å². The number of rotatable bonds is 5. The lowest BCUT2D eigenvalue weighted by molar-refractivity contribution is -0.134. The molecule has 0 saturated heterocycles. The minimum atomic E-state index is -0.484. The van der Waals surface area contributed by atoms with Crippen molar-refractivity contribution in [2.24, 2.45) is 0 Å². The molecular formula is C20H15BrFN5O2S. The number of ether oxygens (including phenoxy) is 1. The highest BCUT2D eigenvalue weighted by Crippen LogP contribution is 2.33. The summed E-state index contributed by atoms with van der Waals surface area (Å²) in [7, 11) is 3.16. The number of esters is 1. The van der Waals surface area contributed by atoms with E-state index in [1.54, 1.807) is 28.8 Å². The number of halogens is 2. The van der Waals surface area contributed by atoms with Crippen molar-refractivity contribution in [2.45, 2.75) is 0 Å². The zero-order valence-corrected chi connectivity index (χ0v) is 18.3. The van der Waals surface area contributed by atoms with Gasteiger partial charge < -0.3 is 9.64 Å². The summed E-state index contributed by atoms with van der Waals surface area (Å²) in [6, 6.07) is 9.78. The first-order valence-electron chi connectivity index (χ1n) is 8.73. The van der Waals surface area contributed by atoms with E-state index in [1.807, 2.05) is 23.4 Å². The van der Waals surface area contributed by atoms with Gasteiger partial charge >= 0.3 is 5.97 Å². The number of methoxy groups -OCH3 is 1. The van der Waals surface area contributed by atoms with Crippen LogP contribution in [0.2, 0.25) is 0 Å². The highest BCUT2D eigenvalue weighted by Gasteiger charge is 2.20. The first kappa shape index (κ1) is 20.2. The number of carbonyl (C=O) groups is 1. The van der Waals surface area contributed by atoms with Gasteiger partial charge in [0.1, 0.15) is 16.1 Å². The van der Waals surface area contributed by atoms with Crippen molar-refractivity contribution >= 4 is 55.9 Å². The monoisotopic (exact) mass is 487 g/mol. The third kappa shape index (κ3) is 3.96. The molecule has 0 atom stereocenters. The predicted octanol–water partition coefficient (Wildman–Crippen LogP) is 4.71. The number of imidazole rings is 1. The smallest absolute Gasteiger partial charge is 0.330 e. The Kier molecular flexibility index (Phi) is 5.60. The van der Waals surface area contributed by atoms with Crippen molar-refractivity contribution in [3.63, 3.8) is 0 Å². The number of carbonyl (C=O) groups excluding carboxylic acids is 1. The Morgan fingerprint density at radius 2 is 2.00 bits per heavy atom. The first-order valence-corrected chi connectivity index (χ1v) is 10.4. The molecule has 30 heavy (non-hydrogen) atoms. The molecule has 3 aromatic heterocycles. The van der Waals surface area contributed by atoms with Gasteiger partial charge in [0.2, 0.25) is 0 Å². The van der Waals surface area contributed by atoms with E-state index in [2.05, 4.69) is 35.7 Å². The van der Waals surface area contributed by atoms with Gasteiger partial charge in [0, 0.05) is 24.1 Å². The van der Waals surface area contributed by atoms with Gasteiger partial charge in [-0.3, -0.25) is 0 Å². The van der Waals surface area contributed by atoms with E-state index in [9.17, 15) is 9.18 Å². The zero-order chi connectivity index (χ0) is 21.3. The molecule has 4 rings (SSSR count). The number of fused-ring (bicyclic) bond motifs is 1. The van der Waals surface area contributed by atoms with Gasteiger partial charge in [0.15, 0.2) is 16.6 Å². The normalized spacial score (nSPS) is 11.3. The lowest BCUT2D eigenvalue weighted by Gasteiger charge is -2.15.